The molecule has 12 heavy (non-hydrogen) atoms. The lowest BCUT2D eigenvalue weighted by Gasteiger charge is -2.30. The lowest BCUT2D eigenvalue weighted by atomic mass is 10.2. The summed E-state index contributed by atoms with van der Waals surface area (Å²) in [4.78, 5) is 0. The zero-order valence-electron chi connectivity index (χ0n) is 8.16. The van der Waals surface area contributed by atoms with E-state index in [1.165, 1.54) is 0 Å². The minimum atomic E-state index is -1.10. The topological polar surface area (TPSA) is 27.7 Å². The van der Waals surface area contributed by atoms with Crippen LogP contribution in [-0.4, -0.2) is 18.3 Å². The molecule has 3 nitrogen and oxygen atoms in total. The van der Waals surface area contributed by atoms with E-state index < -0.39 is 8.60 Å². The van der Waals surface area contributed by atoms with E-state index in [4.69, 9.17) is 13.6 Å². The van der Waals surface area contributed by atoms with Crippen molar-refractivity contribution in [3.8, 4) is 0 Å². The van der Waals surface area contributed by atoms with Crippen molar-refractivity contribution in [1.82, 2.24) is 0 Å². The highest BCUT2D eigenvalue weighted by molar-refractivity contribution is 7.41. The van der Waals surface area contributed by atoms with E-state index in [0.29, 0.717) is 0 Å². The predicted octanol–water partition coefficient (Wildman–Crippen LogP) is 2.85. The van der Waals surface area contributed by atoms with Crippen LogP contribution >= 0.6 is 8.60 Å². The third kappa shape index (κ3) is 3.81. The van der Waals surface area contributed by atoms with E-state index in [0.717, 1.165) is 13.0 Å². The van der Waals surface area contributed by atoms with E-state index in [1.54, 1.807) is 0 Å². The van der Waals surface area contributed by atoms with Crippen molar-refractivity contribution in [1.29, 1.82) is 0 Å². The molecule has 0 saturated carbocycles. The van der Waals surface area contributed by atoms with Gasteiger partial charge in [0.15, 0.2) is 0 Å². The molecular formula is C8H17O3P. The van der Waals surface area contributed by atoms with Gasteiger partial charge in [-0.1, -0.05) is 0 Å². The Hall–Kier alpha value is 0.310. The van der Waals surface area contributed by atoms with Gasteiger partial charge in [0.2, 0.25) is 0 Å². The Balaban J connectivity index is 2.32. The lowest BCUT2D eigenvalue weighted by Crippen LogP contribution is -2.22. The molecule has 0 bridgehead atoms. The monoisotopic (exact) mass is 192 g/mol. The molecule has 0 aliphatic carbocycles. The zero-order chi connectivity index (χ0) is 9.19. The van der Waals surface area contributed by atoms with Crippen LogP contribution in [0.4, 0.5) is 0 Å². The van der Waals surface area contributed by atoms with E-state index in [2.05, 4.69) is 0 Å². The van der Waals surface area contributed by atoms with Gasteiger partial charge in [0.1, 0.15) is 0 Å². The van der Waals surface area contributed by atoms with Crippen molar-refractivity contribution in [2.24, 2.45) is 0 Å². The minimum Gasteiger partial charge on any atom is -0.312 e. The van der Waals surface area contributed by atoms with Gasteiger partial charge < -0.3 is 13.6 Å². The molecule has 0 aromatic rings. The van der Waals surface area contributed by atoms with Crippen LogP contribution < -0.4 is 0 Å². The van der Waals surface area contributed by atoms with Crippen LogP contribution in [0.1, 0.15) is 34.1 Å². The molecule has 0 N–H and O–H groups in total. The second kappa shape index (κ2) is 4.01. The number of rotatable bonds is 1. The fourth-order valence-corrected chi connectivity index (χ4v) is 2.05. The average Bonchev–Trinajstić information content (AvgIpc) is 1.82. The minimum absolute atomic E-state index is 0.178. The second-order valence-electron chi connectivity index (χ2n) is 3.97. The first-order valence-corrected chi connectivity index (χ1v) is 5.36. The highest BCUT2D eigenvalue weighted by atomic mass is 31.2. The van der Waals surface area contributed by atoms with Gasteiger partial charge in [-0.05, 0) is 34.1 Å². The molecule has 4 heteroatoms. The van der Waals surface area contributed by atoms with E-state index in [9.17, 15) is 0 Å². The first-order chi connectivity index (χ1) is 5.47. The molecule has 1 aliphatic heterocycles. The van der Waals surface area contributed by atoms with E-state index in [1.807, 2.05) is 27.7 Å². The Morgan fingerprint density at radius 3 is 2.58 bits per heavy atom. The summed E-state index contributed by atoms with van der Waals surface area (Å²) in [6.45, 7) is 8.80. The summed E-state index contributed by atoms with van der Waals surface area (Å²) in [5.74, 6) is 0. The molecule has 1 fully saturated rings. The Morgan fingerprint density at radius 1 is 1.42 bits per heavy atom. The molecule has 72 valence electrons. The van der Waals surface area contributed by atoms with Crippen LogP contribution in [0.2, 0.25) is 0 Å². The Morgan fingerprint density at radius 2 is 2.08 bits per heavy atom. The van der Waals surface area contributed by atoms with Gasteiger partial charge in [-0.2, -0.15) is 0 Å². The first-order valence-electron chi connectivity index (χ1n) is 4.26. The molecule has 1 saturated heterocycles. The highest BCUT2D eigenvalue weighted by Gasteiger charge is 2.27. The van der Waals surface area contributed by atoms with Crippen molar-refractivity contribution in [3.63, 3.8) is 0 Å². The molecule has 0 spiro atoms. The maximum absolute atomic E-state index is 5.57. The van der Waals surface area contributed by atoms with Gasteiger partial charge in [0.05, 0.1) is 18.3 Å². The average molecular weight is 192 g/mol. The van der Waals surface area contributed by atoms with Gasteiger partial charge in [-0.3, -0.25) is 0 Å². The van der Waals surface area contributed by atoms with Crippen molar-refractivity contribution < 1.29 is 13.6 Å². The zero-order valence-corrected chi connectivity index (χ0v) is 9.06. The third-order valence-electron chi connectivity index (χ3n) is 1.34. The van der Waals surface area contributed by atoms with Gasteiger partial charge in [-0.25, -0.2) is 0 Å². The summed E-state index contributed by atoms with van der Waals surface area (Å²) < 4.78 is 16.4. The van der Waals surface area contributed by atoms with Crippen LogP contribution in [0.5, 0.6) is 0 Å². The molecule has 0 unspecified atom stereocenters. The van der Waals surface area contributed by atoms with Crippen molar-refractivity contribution in [2.75, 3.05) is 6.61 Å². The van der Waals surface area contributed by atoms with Gasteiger partial charge >= 0.3 is 8.60 Å². The molecule has 1 rings (SSSR count). The van der Waals surface area contributed by atoms with E-state index >= 15 is 0 Å². The number of hydrogen-bond acceptors (Lipinski definition) is 3. The van der Waals surface area contributed by atoms with Crippen molar-refractivity contribution in [2.45, 2.75) is 45.8 Å². The molecule has 2 atom stereocenters. The summed E-state index contributed by atoms with van der Waals surface area (Å²) in [5.41, 5.74) is -0.178. The summed E-state index contributed by atoms with van der Waals surface area (Å²) in [5, 5.41) is 0. The molecule has 1 aliphatic rings. The summed E-state index contributed by atoms with van der Waals surface area (Å²) in [7, 11) is -1.10. The van der Waals surface area contributed by atoms with Gasteiger partial charge in [-0.15, -0.1) is 0 Å². The highest BCUT2D eigenvalue weighted by Crippen LogP contribution is 2.47. The SMILES string of the molecule is C[C@@H]1CCO[P@@](OC(C)(C)C)O1. The smallest absolute Gasteiger partial charge is 0.312 e. The summed E-state index contributed by atoms with van der Waals surface area (Å²) >= 11 is 0. The fourth-order valence-electron chi connectivity index (χ4n) is 0.795. The van der Waals surface area contributed by atoms with E-state index in [-0.39, 0.29) is 11.7 Å². The quantitative estimate of drug-likeness (QED) is 0.598. The van der Waals surface area contributed by atoms with Crippen LogP contribution in [0, 0.1) is 0 Å². The van der Waals surface area contributed by atoms with Crippen LogP contribution in [0.3, 0.4) is 0 Å². The molecule has 0 radical (unpaired) electrons. The van der Waals surface area contributed by atoms with Crippen LogP contribution in [0.25, 0.3) is 0 Å². The molecule has 0 aromatic carbocycles. The Bertz CT molecular complexity index is 144. The largest absolute Gasteiger partial charge is 0.333 e. The summed E-state index contributed by atoms with van der Waals surface area (Å²) in [6, 6.07) is 0. The summed E-state index contributed by atoms with van der Waals surface area (Å²) in [6.07, 6.45) is 1.24. The van der Waals surface area contributed by atoms with Gasteiger partial charge in [0.25, 0.3) is 0 Å². The molecule has 1 heterocycles. The van der Waals surface area contributed by atoms with Crippen LogP contribution in [0.15, 0.2) is 0 Å². The first kappa shape index (κ1) is 10.4. The second-order valence-corrected chi connectivity index (χ2v) is 5.06. The van der Waals surface area contributed by atoms with Crippen molar-refractivity contribution in [3.05, 3.63) is 0 Å². The Labute approximate surface area is 75.4 Å². The van der Waals surface area contributed by atoms with Crippen LogP contribution in [-0.2, 0) is 13.6 Å². The maximum Gasteiger partial charge on any atom is 0.333 e. The predicted molar refractivity (Wildman–Crippen MR) is 48.9 cm³/mol. The fraction of sp³-hybridized carbons (Fsp3) is 1.00. The van der Waals surface area contributed by atoms with Gasteiger partial charge in [0, 0.05) is 0 Å². The molecule has 0 amide bonds. The molecule has 0 aromatic heterocycles. The normalized spacial score (nSPS) is 32.0. The Kier molecular flexibility index (Phi) is 3.47. The third-order valence-corrected chi connectivity index (χ3v) is 2.96. The maximum atomic E-state index is 5.57. The molecular weight excluding hydrogens is 175 g/mol. The van der Waals surface area contributed by atoms with Crippen molar-refractivity contribution >= 4 is 8.60 Å². The standard InChI is InChI=1S/C8H17O3P/c1-7-5-6-9-12(10-7)11-8(2,3)4/h7H,5-6H2,1-4H3/t7-,12-/m1/s1. The lowest BCUT2D eigenvalue weighted by molar-refractivity contribution is 0.0282. The number of hydrogen-bond donors (Lipinski definition) is 0.